The number of amides is 1. The van der Waals surface area contributed by atoms with E-state index in [9.17, 15) is 4.79 Å². The lowest BCUT2D eigenvalue weighted by atomic mass is 10.1. The number of pyridine rings is 1. The van der Waals surface area contributed by atoms with Crippen molar-refractivity contribution in [1.82, 2.24) is 10.3 Å². The highest BCUT2D eigenvalue weighted by atomic mass is 32.2. The molecule has 0 unspecified atom stereocenters. The molecule has 0 bridgehead atoms. The zero-order valence-corrected chi connectivity index (χ0v) is 16.4. The summed E-state index contributed by atoms with van der Waals surface area (Å²) in [6, 6.07) is 17.6. The van der Waals surface area contributed by atoms with Gasteiger partial charge < -0.3 is 10.1 Å². The fourth-order valence-corrected chi connectivity index (χ4v) is 3.86. The summed E-state index contributed by atoms with van der Waals surface area (Å²) in [5.74, 6) is 0.680. The predicted octanol–water partition coefficient (Wildman–Crippen LogP) is 4.56. The number of amidine groups is 1. The van der Waals surface area contributed by atoms with E-state index in [2.05, 4.69) is 15.3 Å². The number of carbonyl (C=O) groups is 1. The lowest BCUT2D eigenvalue weighted by Gasteiger charge is -2.08. The number of hydrogen-bond donors (Lipinski definition) is 1. The first-order valence-corrected chi connectivity index (χ1v) is 9.71. The highest BCUT2D eigenvalue weighted by molar-refractivity contribution is 8.18. The Hall–Kier alpha value is -3.12. The number of nitrogens with one attached hydrogen (secondary N) is 1. The molecule has 1 N–H and O–H groups in total. The quantitative estimate of drug-likeness (QED) is 0.664. The standard InChI is InChI=1S/C22H19N3O2S/c1-14(16-6-8-18(27-2)9-7-16)24-22-25-21(26)20(28-22)13-15-5-10-19-17(12-15)4-3-11-23-19/h3-14H,1-2H3,(H,24,25,26)/b20-13-/t14-/m0/s1. The van der Waals surface area contributed by atoms with E-state index in [0.29, 0.717) is 10.1 Å². The van der Waals surface area contributed by atoms with Crippen LogP contribution in [-0.2, 0) is 4.79 Å². The van der Waals surface area contributed by atoms with E-state index in [4.69, 9.17) is 4.74 Å². The van der Waals surface area contributed by atoms with Crippen LogP contribution in [0.15, 0.2) is 70.7 Å². The van der Waals surface area contributed by atoms with Crippen molar-refractivity contribution in [2.75, 3.05) is 7.11 Å². The fraction of sp³-hybridized carbons (Fsp3) is 0.136. The number of carbonyl (C=O) groups excluding carboxylic acids is 1. The zero-order valence-electron chi connectivity index (χ0n) is 15.5. The van der Waals surface area contributed by atoms with Gasteiger partial charge in [-0.3, -0.25) is 14.8 Å². The molecule has 1 amide bonds. The summed E-state index contributed by atoms with van der Waals surface area (Å²) in [5, 5.41) is 4.51. The first kappa shape index (κ1) is 18.3. The average molecular weight is 389 g/mol. The van der Waals surface area contributed by atoms with Crippen LogP contribution in [-0.4, -0.2) is 23.2 Å². The first-order valence-electron chi connectivity index (χ1n) is 8.90. The van der Waals surface area contributed by atoms with Crippen LogP contribution in [0.25, 0.3) is 17.0 Å². The molecule has 2 aromatic carbocycles. The number of methoxy groups -OCH3 is 1. The second-order valence-corrected chi connectivity index (χ2v) is 7.43. The molecule has 1 atom stereocenters. The molecular weight excluding hydrogens is 370 g/mol. The molecule has 140 valence electrons. The SMILES string of the molecule is COc1ccc([C@H](C)N=C2NC(=O)/C(=C/c3ccc4ncccc4c3)S2)cc1. The molecule has 6 heteroatoms. The summed E-state index contributed by atoms with van der Waals surface area (Å²) >= 11 is 1.36. The number of aromatic nitrogens is 1. The zero-order chi connectivity index (χ0) is 19.5. The van der Waals surface area contributed by atoms with Crippen molar-refractivity contribution in [1.29, 1.82) is 0 Å². The van der Waals surface area contributed by atoms with Gasteiger partial charge in [-0.05, 0) is 66.2 Å². The lowest BCUT2D eigenvalue weighted by molar-refractivity contribution is -0.115. The van der Waals surface area contributed by atoms with Crippen LogP contribution < -0.4 is 10.1 Å². The van der Waals surface area contributed by atoms with Crippen molar-refractivity contribution in [3.63, 3.8) is 0 Å². The fourth-order valence-electron chi connectivity index (χ4n) is 2.96. The van der Waals surface area contributed by atoms with E-state index >= 15 is 0 Å². The molecule has 2 heterocycles. The van der Waals surface area contributed by atoms with Crippen molar-refractivity contribution in [2.24, 2.45) is 4.99 Å². The van der Waals surface area contributed by atoms with Crippen molar-refractivity contribution in [3.05, 3.63) is 76.8 Å². The van der Waals surface area contributed by atoms with Crippen LogP contribution in [0.3, 0.4) is 0 Å². The van der Waals surface area contributed by atoms with Gasteiger partial charge in [-0.2, -0.15) is 0 Å². The number of hydrogen-bond acceptors (Lipinski definition) is 5. The Morgan fingerprint density at radius 1 is 1.18 bits per heavy atom. The van der Waals surface area contributed by atoms with Gasteiger partial charge in [0.05, 0.1) is 23.6 Å². The van der Waals surface area contributed by atoms with Gasteiger partial charge in [0, 0.05) is 11.6 Å². The van der Waals surface area contributed by atoms with Crippen LogP contribution in [0.5, 0.6) is 5.75 Å². The number of nitrogens with zero attached hydrogens (tertiary/aromatic N) is 2. The second-order valence-electron chi connectivity index (χ2n) is 6.40. The molecule has 1 aromatic heterocycles. The second kappa shape index (κ2) is 7.86. The highest BCUT2D eigenvalue weighted by Crippen LogP contribution is 2.29. The van der Waals surface area contributed by atoms with Crippen LogP contribution in [0, 0.1) is 0 Å². The number of thioether (sulfide) groups is 1. The number of fused-ring (bicyclic) bond motifs is 1. The molecule has 5 nitrogen and oxygen atoms in total. The Morgan fingerprint density at radius 2 is 2.00 bits per heavy atom. The maximum atomic E-state index is 12.3. The lowest BCUT2D eigenvalue weighted by Crippen LogP contribution is -2.20. The van der Waals surface area contributed by atoms with Crippen molar-refractivity contribution in [2.45, 2.75) is 13.0 Å². The number of aliphatic imine (C=N–C) groups is 1. The molecule has 1 saturated heterocycles. The molecule has 28 heavy (non-hydrogen) atoms. The topological polar surface area (TPSA) is 63.6 Å². The molecule has 3 aromatic rings. The smallest absolute Gasteiger partial charge is 0.264 e. The normalized spacial score (nSPS) is 17.9. The van der Waals surface area contributed by atoms with Crippen molar-refractivity contribution in [3.8, 4) is 5.75 Å². The number of benzene rings is 2. The van der Waals surface area contributed by atoms with E-state index in [0.717, 1.165) is 27.8 Å². The largest absolute Gasteiger partial charge is 0.497 e. The summed E-state index contributed by atoms with van der Waals surface area (Å²) in [6.07, 6.45) is 3.65. The van der Waals surface area contributed by atoms with Gasteiger partial charge >= 0.3 is 0 Å². The third-order valence-corrected chi connectivity index (χ3v) is 5.41. The van der Waals surface area contributed by atoms with E-state index in [1.165, 1.54) is 11.8 Å². The van der Waals surface area contributed by atoms with Gasteiger partial charge in [0.25, 0.3) is 5.91 Å². The van der Waals surface area contributed by atoms with Gasteiger partial charge in [-0.25, -0.2) is 0 Å². The summed E-state index contributed by atoms with van der Waals surface area (Å²) in [6.45, 7) is 2.00. The van der Waals surface area contributed by atoms with Crippen LogP contribution in [0.1, 0.15) is 24.1 Å². The van der Waals surface area contributed by atoms with E-state index < -0.39 is 0 Å². The van der Waals surface area contributed by atoms with Gasteiger partial charge in [-0.15, -0.1) is 0 Å². The maximum absolute atomic E-state index is 12.3. The van der Waals surface area contributed by atoms with Gasteiger partial charge in [0.2, 0.25) is 0 Å². The minimum Gasteiger partial charge on any atom is -0.497 e. The third-order valence-electron chi connectivity index (χ3n) is 4.48. The molecule has 0 radical (unpaired) electrons. The monoisotopic (exact) mass is 389 g/mol. The molecule has 1 fully saturated rings. The minimum absolute atomic E-state index is 0.0696. The van der Waals surface area contributed by atoms with Crippen LogP contribution in [0.2, 0.25) is 0 Å². The van der Waals surface area contributed by atoms with E-state index in [-0.39, 0.29) is 11.9 Å². The van der Waals surface area contributed by atoms with E-state index in [1.807, 2.05) is 67.6 Å². The molecular formula is C22H19N3O2S. The minimum atomic E-state index is -0.128. The van der Waals surface area contributed by atoms with E-state index in [1.54, 1.807) is 13.3 Å². The van der Waals surface area contributed by atoms with Crippen molar-refractivity contribution >= 4 is 39.8 Å². The van der Waals surface area contributed by atoms with Gasteiger partial charge in [0.15, 0.2) is 5.17 Å². The summed E-state index contributed by atoms with van der Waals surface area (Å²) in [4.78, 5) is 21.9. The Bertz CT molecular complexity index is 1090. The molecule has 4 rings (SSSR count). The summed E-state index contributed by atoms with van der Waals surface area (Å²) in [5.41, 5.74) is 2.95. The predicted molar refractivity (Wildman–Crippen MR) is 114 cm³/mol. The number of rotatable bonds is 4. The van der Waals surface area contributed by atoms with Crippen LogP contribution >= 0.6 is 11.8 Å². The summed E-state index contributed by atoms with van der Waals surface area (Å²) < 4.78 is 5.19. The maximum Gasteiger partial charge on any atom is 0.264 e. The molecule has 0 saturated carbocycles. The molecule has 0 aliphatic carbocycles. The third kappa shape index (κ3) is 3.92. The molecule has 0 spiro atoms. The number of ether oxygens (including phenoxy) is 1. The Labute approximate surface area is 167 Å². The Morgan fingerprint density at radius 3 is 2.79 bits per heavy atom. The van der Waals surface area contributed by atoms with Crippen molar-refractivity contribution < 1.29 is 9.53 Å². The molecule has 1 aliphatic heterocycles. The van der Waals surface area contributed by atoms with Gasteiger partial charge in [0.1, 0.15) is 5.75 Å². The van der Waals surface area contributed by atoms with Gasteiger partial charge in [-0.1, -0.05) is 24.3 Å². The summed E-state index contributed by atoms with van der Waals surface area (Å²) in [7, 11) is 1.64. The average Bonchev–Trinajstić information content (AvgIpc) is 3.06. The first-order chi connectivity index (χ1) is 13.6. The Balaban J connectivity index is 1.53. The highest BCUT2D eigenvalue weighted by Gasteiger charge is 2.24. The molecule has 1 aliphatic rings. The Kier molecular flexibility index (Phi) is 5.12. The van der Waals surface area contributed by atoms with Crippen LogP contribution in [0.4, 0.5) is 0 Å².